The van der Waals surface area contributed by atoms with E-state index in [9.17, 15) is 13.2 Å². The minimum Gasteiger partial charge on any atom is -0.444 e. The SMILES string of the molecule is CC(C)(C)OC(=O)NC[C@H]1CC[C@H](CN(CC2CCOCC2)S(=O)(=O)c2ccc3ccccc3c2)CC1. The zero-order valence-electron chi connectivity index (χ0n) is 22.4. The number of carbonyl (C=O) groups is 1. The Hall–Kier alpha value is -2.16. The highest BCUT2D eigenvalue weighted by molar-refractivity contribution is 7.89. The number of sulfonamides is 1. The molecule has 1 N–H and O–H groups in total. The van der Waals surface area contributed by atoms with Gasteiger partial charge in [0.15, 0.2) is 0 Å². The number of alkyl carbamates (subject to hydrolysis) is 1. The molecule has 7 nitrogen and oxygen atoms in total. The third-order valence-corrected chi connectivity index (χ3v) is 9.35. The predicted molar refractivity (Wildman–Crippen MR) is 146 cm³/mol. The summed E-state index contributed by atoms with van der Waals surface area (Å²) in [4.78, 5) is 12.4. The van der Waals surface area contributed by atoms with E-state index in [-0.39, 0.29) is 6.09 Å². The Bertz CT molecular complexity index is 1150. The van der Waals surface area contributed by atoms with Crippen molar-refractivity contribution >= 4 is 26.9 Å². The van der Waals surface area contributed by atoms with Crippen LogP contribution in [-0.2, 0) is 19.5 Å². The highest BCUT2D eigenvalue weighted by Crippen LogP contribution is 2.32. The minimum absolute atomic E-state index is 0.313. The zero-order valence-corrected chi connectivity index (χ0v) is 23.3. The van der Waals surface area contributed by atoms with Gasteiger partial charge in [0.2, 0.25) is 10.0 Å². The van der Waals surface area contributed by atoms with E-state index in [2.05, 4.69) is 5.32 Å². The Kier molecular flexibility index (Phi) is 9.14. The van der Waals surface area contributed by atoms with E-state index in [0.29, 0.717) is 55.5 Å². The topological polar surface area (TPSA) is 84.9 Å². The van der Waals surface area contributed by atoms with Crippen LogP contribution >= 0.6 is 0 Å². The van der Waals surface area contributed by atoms with E-state index in [1.165, 1.54) is 0 Å². The molecular formula is C29H42N2O5S. The maximum Gasteiger partial charge on any atom is 0.407 e. The second-order valence-electron chi connectivity index (χ2n) is 11.7. The molecule has 1 saturated carbocycles. The molecule has 2 fully saturated rings. The third kappa shape index (κ3) is 7.91. The molecule has 1 saturated heterocycles. The van der Waals surface area contributed by atoms with Gasteiger partial charge in [-0.25, -0.2) is 13.2 Å². The number of fused-ring (bicyclic) bond motifs is 1. The summed E-state index contributed by atoms with van der Waals surface area (Å²) in [5.41, 5.74) is -0.508. The van der Waals surface area contributed by atoms with Crippen LogP contribution < -0.4 is 5.32 Å². The lowest BCUT2D eigenvalue weighted by atomic mass is 9.82. The zero-order chi connectivity index (χ0) is 26.5. The molecule has 37 heavy (non-hydrogen) atoms. The Morgan fingerprint density at radius 2 is 1.51 bits per heavy atom. The highest BCUT2D eigenvalue weighted by Gasteiger charge is 2.32. The molecule has 2 aromatic rings. The summed E-state index contributed by atoms with van der Waals surface area (Å²) in [6.07, 6.45) is 5.28. The smallest absolute Gasteiger partial charge is 0.407 e. The fraction of sp³-hybridized carbons (Fsp3) is 0.621. The van der Waals surface area contributed by atoms with Gasteiger partial charge in [0, 0.05) is 32.8 Å². The van der Waals surface area contributed by atoms with Crippen molar-refractivity contribution in [3.8, 4) is 0 Å². The van der Waals surface area contributed by atoms with Crippen LogP contribution in [0.1, 0.15) is 59.3 Å². The van der Waals surface area contributed by atoms with E-state index < -0.39 is 15.6 Å². The van der Waals surface area contributed by atoms with Crippen LogP contribution in [0.5, 0.6) is 0 Å². The number of hydrogen-bond acceptors (Lipinski definition) is 5. The van der Waals surface area contributed by atoms with Crippen molar-refractivity contribution < 1.29 is 22.7 Å². The first-order chi connectivity index (χ1) is 17.6. The maximum atomic E-state index is 13.9. The van der Waals surface area contributed by atoms with E-state index in [0.717, 1.165) is 49.3 Å². The van der Waals surface area contributed by atoms with Crippen molar-refractivity contribution in [3.63, 3.8) is 0 Å². The molecular weight excluding hydrogens is 488 g/mol. The summed E-state index contributed by atoms with van der Waals surface area (Å²) < 4.78 is 40.4. The number of benzene rings is 2. The molecule has 1 aliphatic heterocycles. The maximum absolute atomic E-state index is 13.9. The molecule has 1 amide bonds. The molecule has 0 spiro atoms. The van der Waals surface area contributed by atoms with Gasteiger partial charge in [-0.15, -0.1) is 0 Å². The lowest BCUT2D eigenvalue weighted by Crippen LogP contribution is -2.41. The highest BCUT2D eigenvalue weighted by atomic mass is 32.2. The summed E-state index contributed by atoms with van der Waals surface area (Å²) in [6.45, 7) is 8.65. The predicted octanol–water partition coefficient (Wildman–Crippen LogP) is 5.59. The molecule has 204 valence electrons. The van der Waals surface area contributed by atoms with Crippen molar-refractivity contribution in [2.75, 3.05) is 32.8 Å². The molecule has 1 aliphatic carbocycles. The molecule has 4 rings (SSSR count). The van der Waals surface area contributed by atoms with Crippen molar-refractivity contribution in [2.24, 2.45) is 17.8 Å². The first-order valence-corrected chi connectivity index (χ1v) is 15.1. The first kappa shape index (κ1) is 27.9. The average molecular weight is 531 g/mol. The molecule has 0 unspecified atom stereocenters. The number of ether oxygens (including phenoxy) is 2. The number of nitrogens with zero attached hydrogens (tertiary/aromatic N) is 1. The number of amides is 1. The van der Waals surface area contributed by atoms with Crippen LogP contribution in [-0.4, -0.2) is 57.3 Å². The second kappa shape index (κ2) is 12.1. The van der Waals surface area contributed by atoms with Crippen LogP contribution in [0.3, 0.4) is 0 Å². The fourth-order valence-electron chi connectivity index (χ4n) is 5.41. The molecule has 1 heterocycles. The van der Waals surface area contributed by atoms with Gasteiger partial charge in [0.05, 0.1) is 4.90 Å². The fourth-order valence-corrected chi connectivity index (χ4v) is 7.04. The van der Waals surface area contributed by atoms with Crippen LogP contribution in [0, 0.1) is 17.8 Å². The Morgan fingerprint density at radius 3 is 2.16 bits per heavy atom. The summed E-state index contributed by atoms with van der Waals surface area (Å²) in [7, 11) is -3.62. The van der Waals surface area contributed by atoms with Gasteiger partial charge >= 0.3 is 6.09 Å². The Labute approximate surface area is 221 Å². The number of carbonyl (C=O) groups excluding carboxylic acids is 1. The molecule has 0 bridgehead atoms. The molecule has 2 aromatic carbocycles. The molecule has 0 atom stereocenters. The quantitative estimate of drug-likeness (QED) is 0.481. The third-order valence-electron chi connectivity index (χ3n) is 7.52. The van der Waals surface area contributed by atoms with Crippen LogP contribution in [0.4, 0.5) is 4.79 Å². The van der Waals surface area contributed by atoms with Gasteiger partial charge in [-0.2, -0.15) is 4.31 Å². The molecule has 2 aliphatic rings. The molecule has 0 radical (unpaired) electrons. The van der Waals surface area contributed by atoms with Gasteiger partial charge in [-0.05, 0) is 100.0 Å². The standard InChI is InChI=1S/C29H42N2O5S/c1-29(2,3)36-28(32)30-19-22-8-10-23(11-9-22)20-31(21-24-14-16-35-17-15-24)37(33,34)27-13-12-25-6-4-5-7-26(25)18-27/h4-7,12-13,18,22-24H,8-11,14-17,19-21H2,1-3H3,(H,30,32)/t22-,23-. The van der Waals surface area contributed by atoms with Crippen LogP contribution in [0.2, 0.25) is 0 Å². The lowest BCUT2D eigenvalue weighted by Gasteiger charge is -2.34. The average Bonchev–Trinajstić information content (AvgIpc) is 2.87. The second-order valence-corrected chi connectivity index (χ2v) is 13.6. The van der Waals surface area contributed by atoms with Crippen molar-refractivity contribution in [1.82, 2.24) is 9.62 Å². The Balaban J connectivity index is 1.41. The van der Waals surface area contributed by atoms with Crippen LogP contribution in [0.15, 0.2) is 47.4 Å². The van der Waals surface area contributed by atoms with Gasteiger partial charge in [-0.3, -0.25) is 0 Å². The number of rotatable bonds is 8. The van der Waals surface area contributed by atoms with Gasteiger partial charge in [-0.1, -0.05) is 30.3 Å². The van der Waals surface area contributed by atoms with E-state index in [4.69, 9.17) is 9.47 Å². The minimum atomic E-state index is -3.62. The monoisotopic (exact) mass is 530 g/mol. The Morgan fingerprint density at radius 1 is 0.919 bits per heavy atom. The van der Waals surface area contributed by atoms with Gasteiger partial charge < -0.3 is 14.8 Å². The van der Waals surface area contributed by atoms with E-state index in [1.54, 1.807) is 16.4 Å². The van der Waals surface area contributed by atoms with Crippen LogP contribution in [0.25, 0.3) is 10.8 Å². The number of hydrogen-bond donors (Lipinski definition) is 1. The van der Waals surface area contributed by atoms with Crippen molar-refractivity contribution in [3.05, 3.63) is 42.5 Å². The largest absolute Gasteiger partial charge is 0.444 e. The normalized spacial score (nSPS) is 21.7. The van der Waals surface area contributed by atoms with Gasteiger partial charge in [0.25, 0.3) is 0 Å². The molecule has 0 aromatic heterocycles. The summed E-state index contributed by atoms with van der Waals surface area (Å²) in [6, 6.07) is 13.3. The van der Waals surface area contributed by atoms with Gasteiger partial charge in [0.1, 0.15) is 5.60 Å². The lowest BCUT2D eigenvalue weighted by molar-refractivity contribution is 0.0511. The van der Waals surface area contributed by atoms with E-state index in [1.807, 2.05) is 51.1 Å². The number of nitrogens with one attached hydrogen (secondary N) is 1. The molecule has 8 heteroatoms. The first-order valence-electron chi connectivity index (χ1n) is 13.6. The summed E-state index contributed by atoms with van der Waals surface area (Å²) in [5.74, 6) is 1.02. The van der Waals surface area contributed by atoms with Crippen molar-refractivity contribution in [1.29, 1.82) is 0 Å². The van der Waals surface area contributed by atoms with Crippen molar-refractivity contribution in [2.45, 2.75) is 69.8 Å². The summed E-state index contributed by atoms with van der Waals surface area (Å²) in [5, 5.41) is 4.88. The van der Waals surface area contributed by atoms with E-state index >= 15 is 0 Å². The summed E-state index contributed by atoms with van der Waals surface area (Å²) >= 11 is 0.